The molecule has 1 aliphatic heterocycles. The predicted molar refractivity (Wildman–Crippen MR) is 160 cm³/mol. The number of carboxylic acid groups (broad SMARTS) is 1. The lowest BCUT2D eigenvalue weighted by molar-refractivity contribution is -0.157. The lowest BCUT2D eigenvalue weighted by atomic mass is 9.66. The van der Waals surface area contributed by atoms with E-state index >= 15 is 0 Å². The van der Waals surface area contributed by atoms with Crippen molar-refractivity contribution in [3.63, 3.8) is 0 Å². The Morgan fingerprint density at radius 3 is 2.51 bits per heavy atom. The maximum atomic E-state index is 11.5. The van der Waals surface area contributed by atoms with Crippen LogP contribution in [-0.2, 0) is 4.79 Å². The quantitative estimate of drug-likeness (QED) is 0.278. The zero-order chi connectivity index (χ0) is 28.3. The molecule has 10 heteroatoms. The number of halogens is 3. The SMILES string of the molecule is CCCN(CCC1CCN(c2nc(C)c(Cl)c(N[C@H](C)c3ccc(Cl)cc3Cl)n2)CC1)[C@H]1C[C@](C)(C(=O)O)C1. The van der Waals surface area contributed by atoms with Crippen molar-refractivity contribution in [2.45, 2.75) is 78.3 Å². The summed E-state index contributed by atoms with van der Waals surface area (Å²) in [5.74, 6) is 1.28. The molecule has 39 heavy (non-hydrogen) atoms. The van der Waals surface area contributed by atoms with E-state index in [1.807, 2.05) is 32.9 Å². The number of hydrogen-bond donors (Lipinski definition) is 2. The summed E-state index contributed by atoms with van der Waals surface area (Å²) in [6.45, 7) is 11.9. The van der Waals surface area contributed by atoms with Crippen LogP contribution in [0.3, 0.4) is 0 Å². The number of aliphatic carboxylic acids is 1. The second-order valence-corrected chi connectivity index (χ2v) is 12.7. The number of nitrogens with zero attached hydrogens (tertiary/aromatic N) is 4. The van der Waals surface area contributed by atoms with Gasteiger partial charge in [0, 0.05) is 29.2 Å². The number of aromatic nitrogens is 2. The molecule has 0 amide bonds. The molecule has 1 aromatic heterocycles. The number of aryl methyl sites for hydroxylation is 1. The van der Waals surface area contributed by atoms with Crippen LogP contribution < -0.4 is 10.2 Å². The van der Waals surface area contributed by atoms with Gasteiger partial charge in [0.25, 0.3) is 0 Å². The zero-order valence-electron chi connectivity index (χ0n) is 23.3. The van der Waals surface area contributed by atoms with Gasteiger partial charge in [-0.3, -0.25) is 4.79 Å². The average Bonchev–Trinajstić information content (AvgIpc) is 2.87. The molecule has 2 fully saturated rings. The van der Waals surface area contributed by atoms with Crippen LogP contribution in [-0.4, -0.2) is 58.2 Å². The van der Waals surface area contributed by atoms with Crippen LogP contribution in [0.1, 0.15) is 76.6 Å². The fourth-order valence-electron chi connectivity index (χ4n) is 5.86. The molecule has 0 unspecified atom stereocenters. The highest BCUT2D eigenvalue weighted by atomic mass is 35.5. The second-order valence-electron chi connectivity index (χ2n) is 11.5. The number of carbonyl (C=O) groups is 1. The van der Waals surface area contributed by atoms with Gasteiger partial charge in [-0.15, -0.1) is 0 Å². The van der Waals surface area contributed by atoms with E-state index in [1.165, 1.54) is 0 Å². The molecule has 1 aromatic carbocycles. The summed E-state index contributed by atoms with van der Waals surface area (Å²) in [5.41, 5.74) is 1.11. The van der Waals surface area contributed by atoms with Crippen LogP contribution >= 0.6 is 34.8 Å². The highest BCUT2D eigenvalue weighted by Gasteiger charge is 2.48. The van der Waals surface area contributed by atoms with E-state index in [0.29, 0.717) is 38.8 Å². The van der Waals surface area contributed by atoms with E-state index in [-0.39, 0.29) is 6.04 Å². The first-order chi connectivity index (χ1) is 18.5. The molecular formula is C29H40Cl3N5O2. The van der Waals surface area contributed by atoms with Gasteiger partial charge >= 0.3 is 5.97 Å². The third-order valence-electron chi connectivity index (χ3n) is 8.43. The van der Waals surface area contributed by atoms with Crippen molar-refractivity contribution >= 4 is 52.5 Å². The normalized spacial score (nSPS) is 22.6. The van der Waals surface area contributed by atoms with Crippen molar-refractivity contribution in [2.24, 2.45) is 11.3 Å². The highest BCUT2D eigenvalue weighted by Crippen LogP contribution is 2.44. The summed E-state index contributed by atoms with van der Waals surface area (Å²) in [5, 5.41) is 14.6. The standard InChI is InChI=1S/C29H40Cl3N5O2/c1-5-11-36(22-16-29(4,17-22)27(38)39)12-8-20-9-13-37(14-10-20)28-34-19(3)25(32)26(35-28)33-18(2)23-7-6-21(30)15-24(23)31/h6-7,15,18,20,22H,5,8-14,16-17H2,1-4H3,(H,38,39)(H,33,34,35)/t18-,22-,29-/m1/s1. The van der Waals surface area contributed by atoms with Crippen LogP contribution in [0.5, 0.6) is 0 Å². The lowest BCUT2D eigenvalue weighted by Gasteiger charge is -2.48. The van der Waals surface area contributed by atoms with E-state index in [4.69, 9.17) is 44.8 Å². The van der Waals surface area contributed by atoms with Crippen LogP contribution in [0.25, 0.3) is 0 Å². The van der Waals surface area contributed by atoms with Crippen molar-refractivity contribution in [1.29, 1.82) is 0 Å². The summed E-state index contributed by atoms with van der Waals surface area (Å²) in [7, 11) is 0. The van der Waals surface area contributed by atoms with E-state index in [1.54, 1.807) is 6.07 Å². The maximum Gasteiger partial charge on any atom is 0.309 e. The molecule has 2 aromatic rings. The van der Waals surface area contributed by atoms with Gasteiger partial charge in [0.1, 0.15) is 5.02 Å². The van der Waals surface area contributed by atoms with Gasteiger partial charge in [-0.2, -0.15) is 4.98 Å². The zero-order valence-corrected chi connectivity index (χ0v) is 25.6. The van der Waals surface area contributed by atoms with Gasteiger partial charge in [-0.25, -0.2) is 4.98 Å². The van der Waals surface area contributed by atoms with Gasteiger partial charge in [-0.05, 0) is 96.0 Å². The average molecular weight is 597 g/mol. The molecule has 0 spiro atoms. The summed E-state index contributed by atoms with van der Waals surface area (Å²) in [4.78, 5) is 25.8. The van der Waals surface area contributed by atoms with Crippen LogP contribution in [0, 0.1) is 18.3 Å². The Morgan fingerprint density at radius 2 is 1.90 bits per heavy atom. The summed E-state index contributed by atoms with van der Waals surface area (Å²) in [6.07, 6.45) is 5.91. The fourth-order valence-corrected chi connectivity index (χ4v) is 6.58. The third kappa shape index (κ3) is 7.10. The Labute approximate surface area is 247 Å². The van der Waals surface area contributed by atoms with Crippen LogP contribution in [0.4, 0.5) is 11.8 Å². The Hall–Kier alpha value is -1.80. The fraction of sp³-hybridized carbons (Fsp3) is 0.621. The maximum absolute atomic E-state index is 11.5. The first-order valence-electron chi connectivity index (χ1n) is 14.0. The highest BCUT2D eigenvalue weighted by molar-refractivity contribution is 6.35. The number of piperidine rings is 1. The monoisotopic (exact) mass is 595 g/mol. The summed E-state index contributed by atoms with van der Waals surface area (Å²) >= 11 is 19.1. The van der Waals surface area contributed by atoms with Crippen molar-refractivity contribution in [3.05, 3.63) is 44.5 Å². The Kier molecular flexibility index (Phi) is 9.90. The molecular weight excluding hydrogens is 557 g/mol. The number of benzene rings is 1. The Balaban J connectivity index is 1.33. The largest absolute Gasteiger partial charge is 0.481 e. The number of anilines is 2. The smallest absolute Gasteiger partial charge is 0.309 e. The van der Waals surface area contributed by atoms with Crippen molar-refractivity contribution < 1.29 is 9.90 Å². The minimum Gasteiger partial charge on any atom is -0.481 e. The van der Waals surface area contributed by atoms with Crippen LogP contribution in [0.15, 0.2) is 18.2 Å². The van der Waals surface area contributed by atoms with Gasteiger partial charge in [0.05, 0.1) is 17.2 Å². The lowest BCUT2D eigenvalue weighted by Crippen LogP contribution is -2.53. The van der Waals surface area contributed by atoms with Gasteiger partial charge in [0.2, 0.25) is 5.95 Å². The molecule has 1 saturated carbocycles. The van der Waals surface area contributed by atoms with Gasteiger partial charge in [0.15, 0.2) is 5.82 Å². The molecule has 1 aliphatic carbocycles. The number of nitrogens with one attached hydrogen (secondary N) is 1. The first-order valence-corrected chi connectivity index (χ1v) is 15.1. The molecule has 214 valence electrons. The van der Waals surface area contributed by atoms with E-state index < -0.39 is 11.4 Å². The van der Waals surface area contributed by atoms with E-state index in [9.17, 15) is 9.90 Å². The minimum absolute atomic E-state index is 0.116. The molecule has 7 nitrogen and oxygen atoms in total. The molecule has 2 N–H and O–H groups in total. The predicted octanol–water partition coefficient (Wildman–Crippen LogP) is 7.49. The van der Waals surface area contributed by atoms with E-state index in [0.717, 1.165) is 76.0 Å². The van der Waals surface area contributed by atoms with E-state index in [2.05, 4.69) is 22.0 Å². The van der Waals surface area contributed by atoms with Crippen LogP contribution in [0.2, 0.25) is 15.1 Å². The summed E-state index contributed by atoms with van der Waals surface area (Å²) < 4.78 is 0. The number of carboxylic acids is 1. The number of hydrogen-bond acceptors (Lipinski definition) is 6. The molecule has 0 bridgehead atoms. The van der Waals surface area contributed by atoms with Crippen molar-refractivity contribution in [3.8, 4) is 0 Å². The molecule has 0 radical (unpaired) electrons. The molecule has 2 heterocycles. The molecule has 2 aliphatic rings. The number of rotatable bonds is 11. The van der Waals surface area contributed by atoms with Crippen molar-refractivity contribution in [2.75, 3.05) is 36.4 Å². The Bertz CT molecular complexity index is 1170. The summed E-state index contributed by atoms with van der Waals surface area (Å²) in [6, 6.07) is 5.75. The van der Waals surface area contributed by atoms with Gasteiger partial charge in [-0.1, -0.05) is 47.8 Å². The third-order valence-corrected chi connectivity index (χ3v) is 9.44. The Morgan fingerprint density at radius 1 is 1.21 bits per heavy atom. The van der Waals surface area contributed by atoms with Crippen molar-refractivity contribution in [1.82, 2.24) is 14.9 Å². The van der Waals surface area contributed by atoms with Gasteiger partial charge < -0.3 is 20.2 Å². The minimum atomic E-state index is -0.663. The molecule has 1 saturated heterocycles. The molecule has 4 rings (SSSR count). The molecule has 1 atom stereocenters. The second kappa shape index (κ2) is 12.8. The first kappa shape index (κ1) is 30.2. The topological polar surface area (TPSA) is 81.6 Å².